The lowest BCUT2D eigenvalue weighted by Gasteiger charge is -2.28. The molecule has 1 heterocycles. The Bertz CT molecular complexity index is 483. The summed E-state index contributed by atoms with van der Waals surface area (Å²) in [6.45, 7) is 5.90. The van der Waals surface area contributed by atoms with Crippen LogP contribution in [0.3, 0.4) is 0 Å². The van der Waals surface area contributed by atoms with E-state index in [1.807, 2.05) is 4.90 Å². The van der Waals surface area contributed by atoms with Gasteiger partial charge in [-0.25, -0.2) is 0 Å². The lowest BCUT2D eigenvalue weighted by Crippen LogP contribution is -2.34. The maximum absolute atomic E-state index is 10.8. The van der Waals surface area contributed by atoms with Gasteiger partial charge in [0.05, 0.1) is 13.7 Å². The fourth-order valence-electron chi connectivity index (χ4n) is 2.62. The largest absolute Gasteiger partial charge is 0.496 e. The van der Waals surface area contributed by atoms with Crippen molar-refractivity contribution in [3.05, 3.63) is 28.8 Å². The van der Waals surface area contributed by atoms with Gasteiger partial charge in [0, 0.05) is 13.1 Å². The molecule has 0 aliphatic carbocycles. The molecule has 4 nitrogen and oxygen atoms in total. The van der Waals surface area contributed by atoms with E-state index in [2.05, 4.69) is 26.0 Å². The smallest absolute Gasteiger partial charge is 0.317 e. The average Bonchev–Trinajstić information content (AvgIpc) is 2.36. The van der Waals surface area contributed by atoms with E-state index in [4.69, 9.17) is 9.84 Å². The number of hydrogen-bond donors (Lipinski definition) is 1. The summed E-state index contributed by atoms with van der Waals surface area (Å²) in [4.78, 5) is 12.8. The third-order valence-corrected chi connectivity index (χ3v) is 3.62. The van der Waals surface area contributed by atoms with Crippen LogP contribution in [0.1, 0.15) is 36.5 Å². The number of carboxylic acids is 1. The van der Waals surface area contributed by atoms with Crippen molar-refractivity contribution in [3.63, 3.8) is 0 Å². The topological polar surface area (TPSA) is 49.8 Å². The SMILES string of the molecule is COc1cc2c(cc1C(C)C)CN(CC(=O)O)CC2. The van der Waals surface area contributed by atoms with Crippen LogP contribution in [0.5, 0.6) is 5.75 Å². The Morgan fingerprint density at radius 1 is 1.42 bits per heavy atom. The lowest BCUT2D eigenvalue weighted by atomic mass is 9.92. The first-order chi connectivity index (χ1) is 9.01. The van der Waals surface area contributed by atoms with Gasteiger partial charge in [-0.15, -0.1) is 0 Å². The van der Waals surface area contributed by atoms with E-state index in [1.54, 1.807) is 7.11 Å². The van der Waals surface area contributed by atoms with Crippen LogP contribution in [0.4, 0.5) is 0 Å². The Labute approximate surface area is 114 Å². The predicted molar refractivity (Wildman–Crippen MR) is 73.7 cm³/mol. The highest BCUT2D eigenvalue weighted by Gasteiger charge is 2.21. The summed E-state index contributed by atoms with van der Waals surface area (Å²) in [5.74, 6) is 0.580. The number of nitrogens with zero attached hydrogens (tertiary/aromatic N) is 1. The molecule has 1 aromatic carbocycles. The van der Waals surface area contributed by atoms with Crippen LogP contribution in [0.2, 0.25) is 0 Å². The molecule has 0 bridgehead atoms. The minimum absolute atomic E-state index is 0.114. The minimum atomic E-state index is -0.763. The van der Waals surface area contributed by atoms with Crippen LogP contribution in [-0.4, -0.2) is 36.2 Å². The van der Waals surface area contributed by atoms with Crippen LogP contribution >= 0.6 is 0 Å². The Kier molecular flexibility index (Phi) is 4.10. The number of methoxy groups -OCH3 is 1. The van der Waals surface area contributed by atoms with Crippen molar-refractivity contribution < 1.29 is 14.6 Å². The van der Waals surface area contributed by atoms with Gasteiger partial charge in [0.2, 0.25) is 0 Å². The van der Waals surface area contributed by atoms with Crippen LogP contribution < -0.4 is 4.74 Å². The molecule has 4 heteroatoms. The van der Waals surface area contributed by atoms with Gasteiger partial charge in [0.15, 0.2) is 0 Å². The first-order valence-corrected chi connectivity index (χ1v) is 6.65. The Hall–Kier alpha value is -1.55. The molecule has 2 rings (SSSR count). The van der Waals surface area contributed by atoms with E-state index in [0.29, 0.717) is 12.5 Å². The summed E-state index contributed by atoms with van der Waals surface area (Å²) in [7, 11) is 1.70. The van der Waals surface area contributed by atoms with Gasteiger partial charge in [-0.2, -0.15) is 0 Å². The van der Waals surface area contributed by atoms with Crippen LogP contribution in [-0.2, 0) is 17.8 Å². The quantitative estimate of drug-likeness (QED) is 0.905. The number of rotatable bonds is 4. The maximum Gasteiger partial charge on any atom is 0.317 e. The molecule has 0 spiro atoms. The molecule has 104 valence electrons. The van der Waals surface area contributed by atoms with Crippen LogP contribution in [0.25, 0.3) is 0 Å². The molecule has 0 aromatic heterocycles. The lowest BCUT2D eigenvalue weighted by molar-refractivity contribution is -0.138. The second-order valence-electron chi connectivity index (χ2n) is 5.37. The number of carboxylic acid groups (broad SMARTS) is 1. The van der Waals surface area contributed by atoms with Crippen molar-refractivity contribution >= 4 is 5.97 Å². The predicted octanol–water partition coefficient (Wildman–Crippen LogP) is 2.26. The molecule has 0 saturated carbocycles. The number of carbonyl (C=O) groups is 1. The number of ether oxygens (including phenoxy) is 1. The van der Waals surface area contributed by atoms with E-state index < -0.39 is 5.97 Å². The molecular weight excluding hydrogens is 242 g/mol. The van der Waals surface area contributed by atoms with Gasteiger partial charge < -0.3 is 9.84 Å². The van der Waals surface area contributed by atoms with Crippen LogP contribution in [0.15, 0.2) is 12.1 Å². The molecule has 0 saturated heterocycles. The molecule has 0 fully saturated rings. The summed E-state index contributed by atoms with van der Waals surface area (Å²) in [6, 6.07) is 4.29. The summed E-state index contributed by atoms with van der Waals surface area (Å²) >= 11 is 0. The summed E-state index contributed by atoms with van der Waals surface area (Å²) in [6.07, 6.45) is 0.886. The monoisotopic (exact) mass is 263 g/mol. The third-order valence-electron chi connectivity index (χ3n) is 3.62. The summed E-state index contributed by atoms with van der Waals surface area (Å²) in [5, 5.41) is 8.88. The number of benzene rings is 1. The molecular formula is C15H21NO3. The average molecular weight is 263 g/mol. The summed E-state index contributed by atoms with van der Waals surface area (Å²) in [5.41, 5.74) is 3.71. The fourth-order valence-corrected chi connectivity index (χ4v) is 2.62. The second-order valence-corrected chi connectivity index (χ2v) is 5.37. The Morgan fingerprint density at radius 3 is 2.74 bits per heavy atom. The number of fused-ring (bicyclic) bond motifs is 1. The van der Waals surface area contributed by atoms with Crippen molar-refractivity contribution in [1.82, 2.24) is 4.90 Å². The molecule has 1 aromatic rings. The van der Waals surface area contributed by atoms with Gasteiger partial charge in [0.25, 0.3) is 0 Å². The molecule has 0 unspecified atom stereocenters. The van der Waals surface area contributed by atoms with Gasteiger partial charge >= 0.3 is 5.97 Å². The highest BCUT2D eigenvalue weighted by molar-refractivity contribution is 5.69. The highest BCUT2D eigenvalue weighted by atomic mass is 16.5. The Morgan fingerprint density at radius 2 is 2.16 bits per heavy atom. The Balaban J connectivity index is 2.28. The van der Waals surface area contributed by atoms with Gasteiger partial charge in [-0.05, 0) is 35.1 Å². The van der Waals surface area contributed by atoms with Crippen molar-refractivity contribution in [2.24, 2.45) is 0 Å². The van der Waals surface area contributed by atoms with Crippen molar-refractivity contribution in [2.75, 3.05) is 20.2 Å². The molecule has 0 amide bonds. The molecule has 19 heavy (non-hydrogen) atoms. The molecule has 0 radical (unpaired) electrons. The van der Waals surface area contributed by atoms with Crippen molar-refractivity contribution in [1.29, 1.82) is 0 Å². The minimum Gasteiger partial charge on any atom is -0.496 e. The maximum atomic E-state index is 10.8. The van der Waals surface area contributed by atoms with E-state index in [-0.39, 0.29) is 6.54 Å². The molecule has 1 aliphatic heterocycles. The second kappa shape index (κ2) is 5.61. The van der Waals surface area contributed by atoms with Gasteiger partial charge in [0.1, 0.15) is 5.75 Å². The first-order valence-electron chi connectivity index (χ1n) is 6.65. The number of hydrogen-bond acceptors (Lipinski definition) is 3. The molecule has 1 N–H and O–H groups in total. The fraction of sp³-hybridized carbons (Fsp3) is 0.533. The van der Waals surface area contributed by atoms with E-state index in [1.165, 1.54) is 16.7 Å². The third kappa shape index (κ3) is 3.07. The van der Waals surface area contributed by atoms with Gasteiger partial charge in [-0.1, -0.05) is 19.9 Å². The van der Waals surface area contributed by atoms with Gasteiger partial charge in [-0.3, -0.25) is 9.69 Å². The summed E-state index contributed by atoms with van der Waals surface area (Å²) < 4.78 is 5.46. The van der Waals surface area contributed by atoms with Crippen molar-refractivity contribution in [2.45, 2.75) is 32.7 Å². The molecule has 0 atom stereocenters. The van der Waals surface area contributed by atoms with Crippen molar-refractivity contribution in [3.8, 4) is 5.75 Å². The van der Waals surface area contributed by atoms with Crippen LogP contribution in [0, 0.1) is 0 Å². The zero-order valence-corrected chi connectivity index (χ0v) is 11.8. The first kappa shape index (κ1) is 13.9. The molecule has 1 aliphatic rings. The van der Waals surface area contributed by atoms with E-state index in [9.17, 15) is 4.79 Å². The van der Waals surface area contributed by atoms with E-state index in [0.717, 1.165) is 18.7 Å². The standard InChI is InChI=1S/C15H21NO3/c1-10(2)13-6-12-8-16(9-15(17)18)5-4-11(12)7-14(13)19-3/h6-7,10H,4-5,8-9H2,1-3H3,(H,17,18). The normalized spacial score (nSPS) is 15.4. The highest BCUT2D eigenvalue weighted by Crippen LogP contribution is 2.32. The van der Waals surface area contributed by atoms with E-state index >= 15 is 0 Å². The zero-order chi connectivity index (χ0) is 14.0. The zero-order valence-electron chi connectivity index (χ0n) is 11.8. The number of aliphatic carboxylic acids is 1.